The number of hydrogen-bond acceptors (Lipinski definition) is 6. The molecule has 3 rings (SSSR count). The van der Waals surface area contributed by atoms with Crippen molar-refractivity contribution in [2.75, 3.05) is 19.7 Å². The maximum Gasteiger partial charge on any atom is 0.343 e. The van der Waals surface area contributed by atoms with E-state index >= 15 is 0 Å². The number of ether oxygens (including phenoxy) is 3. The van der Waals surface area contributed by atoms with Crippen LogP contribution in [0.15, 0.2) is 48.5 Å². The van der Waals surface area contributed by atoms with Crippen LogP contribution in [0.4, 0.5) is 0 Å². The van der Waals surface area contributed by atoms with Crippen molar-refractivity contribution in [1.29, 1.82) is 0 Å². The zero-order valence-corrected chi connectivity index (χ0v) is 25.6. The van der Waals surface area contributed by atoms with Gasteiger partial charge in [0, 0.05) is 19.5 Å². The zero-order chi connectivity index (χ0) is 30.0. The van der Waals surface area contributed by atoms with Crippen LogP contribution in [0.1, 0.15) is 114 Å². The van der Waals surface area contributed by atoms with E-state index in [0.29, 0.717) is 56.0 Å². The molecule has 1 saturated heterocycles. The molecular formula is C35H49NO6. The van der Waals surface area contributed by atoms with E-state index in [2.05, 4.69) is 13.8 Å². The highest BCUT2D eigenvalue weighted by molar-refractivity contribution is 5.91. The number of piperidine rings is 1. The van der Waals surface area contributed by atoms with E-state index in [0.717, 1.165) is 31.4 Å². The molecule has 0 radical (unpaired) electrons. The number of likely N-dealkylation sites (tertiary alicyclic amines) is 1. The molecule has 0 bridgehead atoms. The third kappa shape index (κ3) is 11.9. The minimum Gasteiger partial charge on any atom is -0.494 e. The summed E-state index contributed by atoms with van der Waals surface area (Å²) in [5.41, 5.74) is 0.431. The molecule has 1 amide bonds. The standard InChI is InChI=1S/C35H49NO6/c1-3-5-7-8-9-10-11-13-27-40-30-17-15-28(16-18-30)34(38)41-31-19-21-32(22-20-31)42-35(39)29-23-25-36(26-24-29)33(37)14-12-6-4-2/h15-22,29H,3-14,23-27H2,1-2H3. The second-order valence-electron chi connectivity index (χ2n) is 11.2. The Morgan fingerprint density at radius 2 is 1.19 bits per heavy atom. The molecule has 2 aromatic rings. The number of carbonyl (C=O) groups excluding carboxylic acids is 3. The summed E-state index contributed by atoms with van der Waals surface area (Å²) in [6, 6.07) is 13.4. The van der Waals surface area contributed by atoms with E-state index in [4.69, 9.17) is 14.2 Å². The third-order valence-electron chi connectivity index (χ3n) is 7.78. The Morgan fingerprint density at radius 3 is 1.81 bits per heavy atom. The highest BCUT2D eigenvalue weighted by atomic mass is 16.5. The minimum atomic E-state index is -0.467. The molecule has 1 fully saturated rings. The van der Waals surface area contributed by atoms with Gasteiger partial charge in [-0.3, -0.25) is 9.59 Å². The topological polar surface area (TPSA) is 82.1 Å². The average molecular weight is 580 g/mol. The Bertz CT molecular complexity index is 1070. The fraction of sp³-hybridized carbons (Fsp3) is 0.571. The number of benzene rings is 2. The van der Waals surface area contributed by atoms with Crippen molar-refractivity contribution in [3.05, 3.63) is 54.1 Å². The second-order valence-corrected chi connectivity index (χ2v) is 11.2. The number of unbranched alkanes of at least 4 members (excludes halogenated alkanes) is 9. The minimum absolute atomic E-state index is 0.179. The fourth-order valence-corrected chi connectivity index (χ4v) is 5.10. The molecule has 2 aromatic carbocycles. The van der Waals surface area contributed by atoms with Crippen LogP contribution < -0.4 is 14.2 Å². The number of carbonyl (C=O) groups is 3. The highest BCUT2D eigenvalue weighted by Gasteiger charge is 2.28. The van der Waals surface area contributed by atoms with Gasteiger partial charge in [0.25, 0.3) is 0 Å². The van der Waals surface area contributed by atoms with Crippen molar-refractivity contribution in [3.63, 3.8) is 0 Å². The molecule has 42 heavy (non-hydrogen) atoms. The zero-order valence-electron chi connectivity index (χ0n) is 25.6. The van der Waals surface area contributed by atoms with Crippen molar-refractivity contribution < 1.29 is 28.6 Å². The summed E-state index contributed by atoms with van der Waals surface area (Å²) >= 11 is 0. The van der Waals surface area contributed by atoms with Crippen LogP contribution in [0.5, 0.6) is 17.2 Å². The summed E-state index contributed by atoms with van der Waals surface area (Å²) < 4.78 is 16.9. The molecule has 0 spiro atoms. The predicted octanol–water partition coefficient (Wildman–Crippen LogP) is 8.15. The highest BCUT2D eigenvalue weighted by Crippen LogP contribution is 2.24. The Morgan fingerprint density at radius 1 is 0.667 bits per heavy atom. The molecule has 7 nitrogen and oxygen atoms in total. The molecule has 0 aromatic heterocycles. The van der Waals surface area contributed by atoms with Gasteiger partial charge in [0.05, 0.1) is 18.1 Å². The first-order valence-electron chi connectivity index (χ1n) is 16.0. The first kappa shape index (κ1) is 33.2. The summed E-state index contributed by atoms with van der Waals surface area (Å²) in [6.07, 6.45) is 14.9. The van der Waals surface area contributed by atoms with Crippen molar-refractivity contribution in [2.24, 2.45) is 5.92 Å². The molecule has 0 N–H and O–H groups in total. The van der Waals surface area contributed by atoms with Gasteiger partial charge in [-0.05, 0) is 74.2 Å². The fourth-order valence-electron chi connectivity index (χ4n) is 5.10. The Balaban J connectivity index is 1.34. The number of nitrogens with zero attached hydrogens (tertiary/aromatic N) is 1. The van der Waals surface area contributed by atoms with Crippen molar-refractivity contribution in [2.45, 2.75) is 104 Å². The smallest absolute Gasteiger partial charge is 0.343 e. The second kappa shape index (κ2) is 19.0. The van der Waals surface area contributed by atoms with Crippen LogP contribution in [0, 0.1) is 5.92 Å². The van der Waals surface area contributed by atoms with E-state index in [-0.39, 0.29) is 17.8 Å². The Hall–Kier alpha value is -3.35. The molecule has 230 valence electrons. The maximum absolute atomic E-state index is 12.7. The van der Waals surface area contributed by atoms with Gasteiger partial charge in [-0.2, -0.15) is 0 Å². The maximum atomic E-state index is 12.7. The predicted molar refractivity (Wildman–Crippen MR) is 165 cm³/mol. The number of amides is 1. The number of hydrogen-bond donors (Lipinski definition) is 0. The molecule has 0 unspecified atom stereocenters. The van der Waals surface area contributed by atoms with Crippen LogP contribution >= 0.6 is 0 Å². The average Bonchev–Trinajstić information content (AvgIpc) is 3.01. The molecular weight excluding hydrogens is 530 g/mol. The lowest BCUT2D eigenvalue weighted by molar-refractivity contribution is -0.143. The van der Waals surface area contributed by atoms with Crippen molar-refractivity contribution >= 4 is 17.8 Å². The van der Waals surface area contributed by atoms with Gasteiger partial charge in [-0.15, -0.1) is 0 Å². The van der Waals surface area contributed by atoms with E-state index in [1.807, 2.05) is 4.90 Å². The van der Waals surface area contributed by atoms with E-state index in [9.17, 15) is 14.4 Å². The molecule has 0 saturated carbocycles. The van der Waals surface area contributed by atoms with Gasteiger partial charge in [0.2, 0.25) is 5.91 Å². The molecule has 7 heteroatoms. The first-order valence-corrected chi connectivity index (χ1v) is 16.0. The monoisotopic (exact) mass is 579 g/mol. The molecule has 1 heterocycles. The van der Waals surface area contributed by atoms with Crippen LogP contribution in [0.25, 0.3) is 0 Å². The lowest BCUT2D eigenvalue weighted by Gasteiger charge is -2.31. The van der Waals surface area contributed by atoms with Gasteiger partial charge < -0.3 is 19.1 Å². The lowest BCUT2D eigenvalue weighted by atomic mass is 9.96. The molecule has 1 aliphatic heterocycles. The summed E-state index contributed by atoms with van der Waals surface area (Å²) in [6.45, 7) is 6.21. The van der Waals surface area contributed by atoms with Crippen LogP contribution in [0.3, 0.4) is 0 Å². The first-order chi connectivity index (χ1) is 20.5. The van der Waals surface area contributed by atoms with Crippen LogP contribution in [-0.4, -0.2) is 42.4 Å². The van der Waals surface area contributed by atoms with Gasteiger partial charge in [0.15, 0.2) is 0 Å². The lowest BCUT2D eigenvalue weighted by Crippen LogP contribution is -2.41. The Labute approximate surface area is 251 Å². The molecule has 1 aliphatic rings. The van der Waals surface area contributed by atoms with Crippen LogP contribution in [-0.2, 0) is 9.59 Å². The van der Waals surface area contributed by atoms with Crippen LogP contribution in [0.2, 0.25) is 0 Å². The van der Waals surface area contributed by atoms with Crippen molar-refractivity contribution in [1.82, 2.24) is 4.90 Å². The summed E-state index contributed by atoms with van der Waals surface area (Å²) in [5.74, 6) is 0.701. The summed E-state index contributed by atoms with van der Waals surface area (Å²) in [7, 11) is 0. The number of rotatable bonds is 18. The molecule has 0 aliphatic carbocycles. The van der Waals surface area contributed by atoms with Gasteiger partial charge in [-0.25, -0.2) is 4.79 Å². The van der Waals surface area contributed by atoms with Gasteiger partial charge in [0.1, 0.15) is 17.2 Å². The van der Waals surface area contributed by atoms with E-state index in [1.54, 1.807) is 48.5 Å². The van der Waals surface area contributed by atoms with E-state index < -0.39 is 5.97 Å². The normalized spacial score (nSPS) is 13.5. The van der Waals surface area contributed by atoms with Gasteiger partial charge >= 0.3 is 11.9 Å². The quantitative estimate of drug-likeness (QED) is 0.101. The summed E-state index contributed by atoms with van der Waals surface area (Å²) in [4.78, 5) is 39.4. The molecule has 0 atom stereocenters. The SMILES string of the molecule is CCCCCCCCCCOc1ccc(C(=O)Oc2ccc(OC(=O)C3CCN(C(=O)CCCCC)CC3)cc2)cc1. The van der Waals surface area contributed by atoms with Crippen molar-refractivity contribution in [3.8, 4) is 17.2 Å². The Kier molecular flexibility index (Phi) is 15.0. The number of esters is 2. The van der Waals surface area contributed by atoms with Gasteiger partial charge in [-0.1, -0.05) is 71.6 Å². The largest absolute Gasteiger partial charge is 0.494 e. The summed E-state index contributed by atoms with van der Waals surface area (Å²) in [5, 5.41) is 0. The third-order valence-corrected chi connectivity index (χ3v) is 7.78. The van der Waals surface area contributed by atoms with E-state index in [1.165, 1.54) is 44.9 Å².